The summed E-state index contributed by atoms with van der Waals surface area (Å²) in [5, 5.41) is 11.1. The van der Waals surface area contributed by atoms with Gasteiger partial charge in [-0.2, -0.15) is 4.31 Å². The lowest BCUT2D eigenvalue weighted by atomic mass is 10.2. The van der Waals surface area contributed by atoms with E-state index in [0.717, 1.165) is 0 Å². The number of ether oxygens (including phenoxy) is 1. The van der Waals surface area contributed by atoms with E-state index in [1.54, 1.807) is 13.8 Å². The standard InChI is InChI=1S/C18H23N3O7S2/c1-4-20(5-2)30(26,27)15-10-11-18(28-3)16(12-15)19-29(24,25)13-14-8-6-7-9-17(14)21(22)23/h6-12,19H,4-5,13H2,1-3H3. The number of nitro benzene ring substituents is 1. The van der Waals surface area contributed by atoms with Crippen molar-refractivity contribution in [3.63, 3.8) is 0 Å². The summed E-state index contributed by atoms with van der Waals surface area (Å²) in [7, 11) is -6.63. The molecule has 0 aliphatic heterocycles. The molecule has 0 aliphatic carbocycles. The first-order chi connectivity index (χ1) is 14.1. The molecule has 0 heterocycles. The highest BCUT2D eigenvalue weighted by Gasteiger charge is 2.25. The first-order valence-corrected chi connectivity index (χ1v) is 12.1. The van der Waals surface area contributed by atoms with Crippen molar-refractivity contribution in [3.8, 4) is 5.75 Å². The Morgan fingerprint density at radius 3 is 2.27 bits per heavy atom. The fourth-order valence-corrected chi connectivity index (χ4v) is 5.56. The summed E-state index contributed by atoms with van der Waals surface area (Å²) in [5.41, 5.74) is -0.405. The largest absolute Gasteiger partial charge is 0.495 e. The van der Waals surface area contributed by atoms with Crippen molar-refractivity contribution in [2.24, 2.45) is 0 Å². The molecule has 0 unspecified atom stereocenters. The third-order valence-electron chi connectivity index (χ3n) is 4.31. The average Bonchev–Trinajstić information content (AvgIpc) is 2.68. The van der Waals surface area contributed by atoms with Crippen LogP contribution >= 0.6 is 0 Å². The van der Waals surface area contributed by atoms with E-state index in [0.29, 0.717) is 0 Å². The molecule has 0 fully saturated rings. The van der Waals surface area contributed by atoms with Crippen LogP contribution in [0.4, 0.5) is 11.4 Å². The quantitative estimate of drug-likeness (QED) is 0.428. The molecule has 0 spiro atoms. The molecule has 0 atom stereocenters. The van der Waals surface area contributed by atoms with E-state index >= 15 is 0 Å². The Bertz CT molecular complexity index is 1130. The van der Waals surface area contributed by atoms with Gasteiger partial charge in [-0.15, -0.1) is 0 Å². The first-order valence-electron chi connectivity index (χ1n) is 8.96. The molecule has 10 nitrogen and oxygen atoms in total. The van der Waals surface area contributed by atoms with Gasteiger partial charge >= 0.3 is 0 Å². The van der Waals surface area contributed by atoms with Crippen molar-refractivity contribution in [2.75, 3.05) is 24.9 Å². The van der Waals surface area contributed by atoms with Gasteiger partial charge in [0.15, 0.2) is 0 Å². The van der Waals surface area contributed by atoms with Crippen molar-refractivity contribution in [1.29, 1.82) is 0 Å². The van der Waals surface area contributed by atoms with Gasteiger partial charge in [0.2, 0.25) is 20.0 Å². The maximum absolute atomic E-state index is 12.8. The van der Waals surface area contributed by atoms with E-state index in [9.17, 15) is 26.9 Å². The van der Waals surface area contributed by atoms with Crippen LogP contribution in [0.2, 0.25) is 0 Å². The molecule has 2 aromatic carbocycles. The topological polar surface area (TPSA) is 136 Å². The predicted octanol–water partition coefficient (Wildman–Crippen LogP) is 2.58. The van der Waals surface area contributed by atoms with E-state index in [4.69, 9.17) is 4.74 Å². The molecule has 2 rings (SSSR count). The minimum Gasteiger partial charge on any atom is -0.495 e. The molecule has 0 aliphatic rings. The molecular weight excluding hydrogens is 434 g/mol. The number of methoxy groups -OCH3 is 1. The summed E-state index contributed by atoms with van der Waals surface area (Å²) in [6, 6.07) is 9.33. The zero-order valence-electron chi connectivity index (χ0n) is 16.7. The highest BCUT2D eigenvalue weighted by molar-refractivity contribution is 7.92. The van der Waals surface area contributed by atoms with Gasteiger partial charge in [0.25, 0.3) is 5.69 Å². The maximum atomic E-state index is 12.8. The van der Waals surface area contributed by atoms with E-state index in [1.165, 1.54) is 53.9 Å². The minimum absolute atomic E-state index is 0.000819. The van der Waals surface area contributed by atoms with Gasteiger partial charge < -0.3 is 4.74 Å². The zero-order valence-corrected chi connectivity index (χ0v) is 18.4. The Morgan fingerprint density at radius 1 is 1.07 bits per heavy atom. The number of nitrogens with one attached hydrogen (secondary N) is 1. The monoisotopic (exact) mass is 457 g/mol. The third kappa shape index (κ3) is 5.26. The number of nitro groups is 1. The molecule has 0 saturated carbocycles. The van der Waals surface area contributed by atoms with Crippen LogP contribution in [0.15, 0.2) is 47.4 Å². The van der Waals surface area contributed by atoms with E-state index < -0.39 is 30.7 Å². The van der Waals surface area contributed by atoms with Gasteiger partial charge in [-0.05, 0) is 18.2 Å². The molecule has 30 heavy (non-hydrogen) atoms. The van der Waals surface area contributed by atoms with Crippen LogP contribution < -0.4 is 9.46 Å². The molecule has 2 aromatic rings. The molecule has 12 heteroatoms. The fraction of sp³-hybridized carbons (Fsp3) is 0.333. The van der Waals surface area contributed by atoms with Gasteiger partial charge in [-0.25, -0.2) is 16.8 Å². The summed E-state index contributed by atoms with van der Waals surface area (Å²) in [4.78, 5) is 10.4. The summed E-state index contributed by atoms with van der Waals surface area (Å²) in [6.07, 6.45) is 0. The highest BCUT2D eigenvalue weighted by atomic mass is 32.2. The average molecular weight is 458 g/mol. The second-order valence-corrected chi connectivity index (χ2v) is 9.86. The number of para-hydroxylation sites is 1. The molecule has 0 amide bonds. The number of hydrogen-bond donors (Lipinski definition) is 1. The molecule has 0 aromatic heterocycles. The van der Waals surface area contributed by atoms with E-state index in [-0.39, 0.29) is 40.7 Å². The normalized spacial score (nSPS) is 12.0. The summed E-state index contributed by atoms with van der Waals surface area (Å²) >= 11 is 0. The van der Waals surface area contributed by atoms with Crippen LogP contribution in [0, 0.1) is 10.1 Å². The molecule has 0 radical (unpaired) electrons. The van der Waals surface area contributed by atoms with Crippen molar-refractivity contribution in [3.05, 3.63) is 58.1 Å². The van der Waals surface area contributed by atoms with Crippen molar-refractivity contribution >= 4 is 31.4 Å². The summed E-state index contributed by atoms with van der Waals surface area (Å²) in [6.45, 7) is 3.90. The van der Waals surface area contributed by atoms with E-state index in [1.807, 2.05) is 0 Å². The van der Waals surface area contributed by atoms with Gasteiger partial charge in [-0.1, -0.05) is 32.0 Å². The third-order valence-corrected chi connectivity index (χ3v) is 7.58. The number of nitrogens with zero attached hydrogens (tertiary/aromatic N) is 2. The smallest absolute Gasteiger partial charge is 0.273 e. The maximum Gasteiger partial charge on any atom is 0.273 e. The lowest BCUT2D eigenvalue weighted by Gasteiger charge is -2.20. The predicted molar refractivity (Wildman–Crippen MR) is 112 cm³/mol. The van der Waals surface area contributed by atoms with Gasteiger partial charge in [0.05, 0.1) is 22.6 Å². The van der Waals surface area contributed by atoms with Crippen LogP contribution in [0.1, 0.15) is 19.4 Å². The molecule has 164 valence electrons. The summed E-state index contributed by atoms with van der Waals surface area (Å²) < 4.78 is 59.5. The van der Waals surface area contributed by atoms with Gasteiger partial charge in [-0.3, -0.25) is 14.8 Å². The van der Waals surface area contributed by atoms with Crippen molar-refractivity contribution in [1.82, 2.24) is 4.31 Å². The van der Waals surface area contributed by atoms with Crippen LogP contribution in [-0.2, 0) is 25.8 Å². The fourth-order valence-electron chi connectivity index (χ4n) is 2.86. The van der Waals surface area contributed by atoms with Crippen LogP contribution in [0.3, 0.4) is 0 Å². The Morgan fingerprint density at radius 2 is 1.70 bits per heavy atom. The van der Waals surface area contributed by atoms with Crippen molar-refractivity contribution in [2.45, 2.75) is 24.5 Å². The number of sulfonamides is 2. The van der Waals surface area contributed by atoms with Gasteiger partial charge in [0.1, 0.15) is 11.5 Å². The second kappa shape index (κ2) is 9.41. The van der Waals surface area contributed by atoms with Crippen LogP contribution in [0.5, 0.6) is 5.75 Å². The number of hydrogen-bond acceptors (Lipinski definition) is 7. The Hall–Kier alpha value is -2.70. The second-order valence-electron chi connectivity index (χ2n) is 6.20. The summed E-state index contributed by atoms with van der Waals surface area (Å²) in [5.74, 6) is -0.556. The van der Waals surface area contributed by atoms with Crippen molar-refractivity contribution < 1.29 is 26.5 Å². The highest BCUT2D eigenvalue weighted by Crippen LogP contribution is 2.31. The Balaban J connectivity index is 2.43. The van der Waals surface area contributed by atoms with E-state index in [2.05, 4.69) is 4.72 Å². The SMILES string of the molecule is CCN(CC)S(=O)(=O)c1ccc(OC)c(NS(=O)(=O)Cc2ccccc2[N+](=O)[O-])c1. The Labute approximate surface area is 175 Å². The molecule has 0 saturated heterocycles. The lowest BCUT2D eigenvalue weighted by molar-refractivity contribution is -0.385. The molecule has 1 N–H and O–H groups in total. The molecular formula is C18H23N3O7S2. The number of benzene rings is 2. The van der Waals surface area contributed by atoms with Crippen LogP contribution in [0.25, 0.3) is 0 Å². The van der Waals surface area contributed by atoms with Crippen LogP contribution in [-0.4, -0.2) is 46.3 Å². The number of anilines is 1. The zero-order chi connectivity index (χ0) is 22.5. The Kier molecular flexibility index (Phi) is 7.39. The minimum atomic E-state index is -4.11. The molecule has 0 bridgehead atoms. The van der Waals surface area contributed by atoms with Gasteiger partial charge in [0, 0.05) is 24.7 Å². The number of rotatable bonds is 10. The first kappa shape index (κ1) is 23.6. The lowest BCUT2D eigenvalue weighted by Crippen LogP contribution is -2.30.